The average Bonchev–Trinajstić information content (AvgIpc) is 2.67. The summed E-state index contributed by atoms with van der Waals surface area (Å²) in [5, 5.41) is 10.0. The van der Waals surface area contributed by atoms with Crippen LogP contribution in [-0.2, 0) is 0 Å². The van der Waals surface area contributed by atoms with E-state index in [9.17, 15) is 9.50 Å². The standard InChI is InChI=1S/C11H7BrClFO2/c12-6-1-2-9(14)8(5-6)10(15)7-3-4-16-11(7)13/h1-5,10,15H. The number of aliphatic hydroxyl groups excluding tert-OH is 1. The molecule has 0 radical (unpaired) electrons. The van der Waals surface area contributed by atoms with Crippen molar-refractivity contribution >= 4 is 27.5 Å². The van der Waals surface area contributed by atoms with Crippen LogP contribution in [0.4, 0.5) is 4.39 Å². The number of benzene rings is 1. The van der Waals surface area contributed by atoms with Crippen LogP contribution in [0.3, 0.4) is 0 Å². The molecule has 1 aromatic carbocycles. The van der Waals surface area contributed by atoms with Crippen LogP contribution < -0.4 is 0 Å². The molecule has 2 nitrogen and oxygen atoms in total. The third-order valence-corrected chi connectivity index (χ3v) is 2.99. The molecule has 1 atom stereocenters. The predicted octanol–water partition coefficient (Wildman–Crippen LogP) is 3.92. The third-order valence-electron chi connectivity index (χ3n) is 2.19. The Morgan fingerprint density at radius 2 is 2.06 bits per heavy atom. The average molecular weight is 306 g/mol. The monoisotopic (exact) mass is 304 g/mol. The van der Waals surface area contributed by atoms with E-state index >= 15 is 0 Å². The quantitative estimate of drug-likeness (QED) is 0.912. The first kappa shape index (κ1) is 11.6. The first-order valence-electron chi connectivity index (χ1n) is 4.45. The Hall–Kier alpha value is -0.840. The van der Waals surface area contributed by atoms with E-state index in [0.29, 0.717) is 10.0 Å². The lowest BCUT2D eigenvalue weighted by Gasteiger charge is -2.10. The van der Waals surface area contributed by atoms with Crippen LogP contribution in [0.2, 0.25) is 5.22 Å². The molecule has 16 heavy (non-hydrogen) atoms. The molecule has 84 valence electrons. The van der Waals surface area contributed by atoms with Gasteiger partial charge in [-0.15, -0.1) is 0 Å². The summed E-state index contributed by atoms with van der Waals surface area (Å²) in [4.78, 5) is 0. The molecular formula is C11H7BrClFO2. The van der Waals surface area contributed by atoms with E-state index in [0.717, 1.165) is 0 Å². The second-order valence-corrected chi connectivity index (χ2v) is 4.48. The van der Waals surface area contributed by atoms with Crippen LogP contribution >= 0.6 is 27.5 Å². The molecule has 1 unspecified atom stereocenters. The van der Waals surface area contributed by atoms with Crippen LogP contribution in [0.15, 0.2) is 39.4 Å². The highest BCUT2D eigenvalue weighted by atomic mass is 79.9. The molecule has 0 spiro atoms. The fourth-order valence-electron chi connectivity index (χ4n) is 1.39. The predicted molar refractivity (Wildman–Crippen MR) is 61.9 cm³/mol. The number of rotatable bonds is 2. The van der Waals surface area contributed by atoms with Crippen LogP contribution in [-0.4, -0.2) is 5.11 Å². The van der Waals surface area contributed by atoms with Crippen molar-refractivity contribution < 1.29 is 13.9 Å². The van der Waals surface area contributed by atoms with Crippen molar-refractivity contribution in [1.29, 1.82) is 0 Å². The third kappa shape index (κ3) is 2.14. The van der Waals surface area contributed by atoms with Crippen LogP contribution in [0.1, 0.15) is 17.2 Å². The van der Waals surface area contributed by atoms with Crippen molar-refractivity contribution in [1.82, 2.24) is 0 Å². The second-order valence-electron chi connectivity index (χ2n) is 3.22. The summed E-state index contributed by atoms with van der Waals surface area (Å²) in [5.41, 5.74) is 0.497. The summed E-state index contributed by atoms with van der Waals surface area (Å²) in [7, 11) is 0. The van der Waals surface area contributed by atoms with Gasteiger partial charge in [0.25, 0.3) is 0 Å². The fourth-order valence-corrected chi connectivity index (χ4v) is 1.99. The molecule has 0 amide bonds. The Morgan fingerprint density at radius 3 is 2.69 bits per heavy atom. The van der Waals surface area contributed by atoms with Gasteiger partial charge < -0.3 is 9.52 Å². The van der Waals surface area contributed by atoms with Crippen molar-refractivity contribution in [3.8, 4) is 0 Å². The van der Waals surface area contributed by atoms with Crippen LogP contribution in [0, 0.1) is 5.82 Å². The van der Waals surface area contributed by atoms with Gasteiger partial charge in [0.2, 0.25) is 0 Å². The topological polar surface area (TPSA) is 33.4 Å². The highest BCUT2D eigenvalue weighted by Crippen LogP contribution is 2.31. The zero-order valence-electron chi connectivity index (χ0n) is 7.95. The maximum Gasteiger partial charge on any atom is 0.199 e. The summed E-state index contributed by atoms with van der Waals surface area (Å²) in [6.07, 6.45) is 0.209. The van der Waals surface area contributed by atoms with Gasteiger partial charge in [-0.25, -0.2) is 4.39 Å². The number of hydrogen-bond acceptors (Lipinski definition) is 2. The Bertz CT molecular complexity index is 512. The highest BCUT2D eigenvalue weighted by Gasteiger charge is 2.19. The molecular weight excluding hydrogens is 298 g/mol. The summed E-state index contributed by atoms with van der Waals surface area (Å²) >= 11 is 8.93. The first-order valence-corrected chi connectivity index (χ1v) is 5.62. The minimum atomic E-state index is -1.14. The minimum Gasteiger partial charge on any atom is -0.453 e. The smallest absolute Gasteiger partial charge is 0.199 e. The van der Waals surface area contributed by atoms with Gasteiger partial charge >= 0.3 is 0 Å². The van der Waals surface area contributed by atoms with Crippen molar-refractivity contribution in [3.05, 3.63) is 57.2 Å². The highest BCUT2D eigenvalue weighted by molar-refractivity contribution is 9.10. The fraction of sp³-hybridized carbons (Fsp3) is 0.0909. The summed E-state index contributed by atoms with van der Waals surface area (Å²) in [5.74, 6) is -0.493. The van der Waals surface area contributed by atoms with E-state index in [-0.39, 0.29) is 10.8 Å². The summed E-state index contributed by atoms with van der Waals surface area (Å²) in [6.45, 7) is 0. The van der Waals surface area contributed by atoms with Crippen LogP contribution in [0.25, 0.3) is 0 Å². The number of aliphatic hydroxyl groups is 1. The lowest BCUT2D eigenvalue weighted by molar-refractivity contribution is 0.214. The molecule has 0 saturated heterocycles. The Morgan fingerprint density at radius 1 is 1.31 bits per heavy atom. The van der Waals surface area contributed by atoms with E-state index in [4.69, 9.17) is 16.0 Å². The molecule has 0 bridgehead atoms. The van der Waals surface area contributed by atoms with E-state index < -0.39 is 11.9 Å². The van der Waals surface area contributed by atoms with Gasteiger partial charge in [0.1, 0.15) is 11.9 Å². The first-order chi connectivity index (χ1) is 7.59. The van der Waals surface area contributed by atoms with Crippen molar-refractivity contribution in [3.63, 3.8) is 0 Å². The van der Waals surface area contributed by atoms with Crippen LogP contribution in [0.5, 0.6) is 0 Å². The zero-order valence-corrected chi connectivity index (χ0v) is 10.3. The van der Waals surface area contributed by atoms with Crippen molar-refractivity contribution in [2.45, 2.75) is 6.10 Å². The lowest BCUT2D eigenvalue weighted by Crippen LogP contribution is -2.01. The van der Waals surface area contributed by atoms with Gasteiger partial charge in [0, 0.05) is 15.6 Å². The number of halogens is 3. The Kier molecular flexibility index (Phi) is 3.33. The lowest BCUT2D eigenvalue weighted by atomic mass is 10.0. The molecule has 1 N–H and O–H groups in total. The molecule has 1 aromatic heterocycles. The maximum atomic E-state index is 13.5. The molecule has 0 aliphatic heterocycles. The molecule has 2 aromatic rings. The molecule has 0 aliphatic rings. The van der Waals surface area contributed by atoms with E-state index in [1.54, 1.807) is 6.07 Å². The van der Waals surface area contributed by atoms with Gasteiger partial charge in [-0.2, -0.15) is 0 Å². The molecule has 0 aliphatic carbocycles. The molecule has 2 rings (SSSR count). The number of furan rings is 1. The van der Waals surface area contributed by atoms with Crippen molar-refractivity contribution in [2.75, 3.05) is 0 Å². The molecule has 0 saturated carbocycles. The van der Waals surface area contributed by atoms with Gasteiger partial charge in [-0.1, -0.05) is 15.9 Å². The minimum absolute atomic E-state index is 0.0619. The Balaban J connectivity index is 2.45. The van der Waals surface area contributed by atoms with Gasteiger partial charge in [-0.05, 0) is 35.9 Å². The summed E-state index contributed by atoms with van der Waals surface area (Å²) in [6, 6.07) is 5.84. The normalized spacial score (nSPS) is 12.8. The van der Waals surface area contributed by atoms with E-state index in [1.807, 2.05) is 0 Å². The second kappa shape index (κ2) is 4.57. The van der Waals surface area contributed by atoms with Crippen molar-refractivity contribution in [2.24, 2.45) is 0 Å². The van der Waals surface area contributed by atoms with Gasteiger partial charge in [0.05, 0.1) is 6.26 Å². The van der Waals surface area contributed by atoms with E-state index in [1.165, 1.54) is 24.5 Å². The van der Waals surface area contributed by atoms with Gasteiger partial charge in [-0.3, -0.25) is 0 Å². The summed E-state index contributed by atoms with van der Waals surface area (Å²) < 4.78 is 19.0. The molecule has 5 heteroatoms. The zero-order chi connectivity index (χ0) is 11.7. The SMILES string of the molecule is OC(c1cc(Br)ccc1F)c1ccoc1Cl. The van der Waals surface area contributed by atoms with Gasteiger partial charge in [0.15, 0.2) is 5.22 Å². The molecule has 0 fully saturated rings. The Labute approximate surface area is 105 Å². The maximum absolute atomic E-state index is 13.5. The number of hydrogen-bond donors (Lipinski definition) is 1. The van der Waals surface area contributed by atoms with E-state index in [2.05, 4.69) is 15.9 Å². The molecule has 1 heterocycles. The largest absolute Gasteiger partial charge is 0.453 e.